The Morgan fingerprint density at radius 2 is 2.41 bits per heavy atom. The van der Waals surface area contributed by atoms with Gasteiger partial charge in [-0.25, -0.2) is 0 Å². The summed E-state index contributed by atoms with van der Waals surface area (Å²) in [5.74, 6) is 0.0320. The summed E-state index contributed by atoms with van der Waals surface area (Å²) in [6, 6.07) is 5.69. The maximum absolute atomic E-state index is 12.0. The predicted octanol–water partition coefficient (Wildman–Crippen LogP) is 1.25. The van der Waals surface area contributed by atoms with Gasteiger partial charge in [-0.2, -0.15) is 5.10 Å². The molecule has 1 aliphatic heterocycles. The Morgan fingerprint density at radius 3 is 3.24 bits per heavy atom. The molecule has 0 bridgehead atoms. The van der Waals surface area contributed by atoms with Crippen molar-refractivity contribution >= 4 is 22.5 Å². The quantitative estimate of drug-likeness (QED) is 0.727. The highest BCUT2D eigenvalue weighted by Crippen LogP contribution is 2.21. The second-order valence-electron chi connectivity index (χ2n) is 4.28. The molecule has 0 aliphatic carbocycles. The molecule has 1 atom stereocenters. The van der Waals surface area contributed by atoms with Crippen LogP contribution in [0.5, 0.6) is 0 Å². The van der Waals surface area contributed by atoms with Gasteiger partial charge in [-0.1, -0.05) is 12.1 Å². The average molecular weight is 230 g/mol. The summed E-state index contributed by atoms with van der Waals surface area (Å²) in [4.78, 5) is 12.0. The Bertz CT molecular complexity index is 542. The topological polar surface area (TPSA) is 69.8 Å². The van der Waals surface area contributed by atoms with Gasteiger partial charge in [-0.15, -0.1) is 0 Å². The molecule has 3 rings (SSSR count). The lowest BCUT2D eigenvalue weighted by molar-refractivity contribution is -0.117. The maximum Gasteiger partial charge on any atom is 0.241 e. The molecule has 0 spiro atoms. The van der Waals surface area contributed by atoms with Crippen LogP contribution in [0.15, 0.2) is 24.4 Å². The lowest BCUT2D eigenvalue weighted by Gasteiger charge is -2.11. The van der Waals surface area contributed by atoms with Gasteiger partial charge in [0, 0.05) is 5.39 Å². The number of aromatic amines is 1. The van der Waals surface area contributed by atoms with Crippen LogP contribution < -0.4 is 10.6 Å². The van der Waals surface area contributed by atoms with E-state index in [0.717, 1.165) is 36.0 Å². The number of aromatic nitrogens is 2. The van der Waals surface area contributed by atoms with E-state index in [2.05, 4.69) is 20.8 Å². The van der Waals surface area contributed by atoms with Crippen molar-refractivity contribution in [2.45, 2.75) is 18.9 Å². The zero-order valence-corrected chi connectivity index (χ0v) is 9.36. The Labute approximate surface area is 98.6 Å². The van der Waals surface area contributed by atoms with E-state index in [1.54, 1.807) is 6.20 Å². The molecule has 1 aromatic carbocycles. The normalized spacial score (nSPS) is 19.6. The number of H-pyrrole nitrogens is 1. The molecule has 2 heterocycles. The molecule has 1 saturated heterocycles. The minimum atomic E-state index is -0.0619. The number of para-hydroxylation sites is 1. The fraction of sp³-hybridized carbons (Fsp3) is 0.333. The highest BCUT2D eigenvalue weighted by molar-refractivity contribution is 6.02. The molecular weight excluding hydrogens is 216 g/mol. The first-order valence-corrected chi connectivity index (χ1v) is 5.81. The molecule has 0 radical (unpaired) electrons. The molecule has 17 heavy (non-hydrogen) atoms. The van der Waals surface area contributed by atoms with Gasteiger partial charge in [-0.05, 0) is 25.5 Å². The lowest BCUT2D eigenvalue weighted by atomic mass is 10.2. The smallest absolute Gasteiger partial charge is 0.241 e. The van der Waals surface area contributed by atoms with Crippen molar-refractivity contribution < 1.29 is 4.79 Å². The molecular formula is C12H14N4O. The summed E-state index contributed by atoms with van der Waals surface area (Å²) < 4.78 is 0. The summed E-state index contributed by atoms with van der Waals surface area (Å²) in [6.07, 6.45) is 3.72. The van der Waals surface area contributed by atoms with Crippen molar-refractivity contribution in [3.8, 4) is 0 Å². The van der Waals surface area contributed by atoms with E-state index in [-0.39, 0.29) is 11.9 Å². The van der Waals surface area contributed by atoms with Crippen molar-refractivity contribution in [3.63, 3.8) is 0 Å². The van der Waals surface area contributed by atoms with Crippen LogP contribution in [-0.2, 0) is 4.79 Å². The second kappa shape index (κ2) is 4.18. The van der Waals surface area contributed by atoms with Gasteiger partial charge in [0.2, 0.25) is 5.91 Å². The van der Waals surface area contributed by atoms with Gasteiger partial charge < -0.3 is 10.6 Å². The molecule has 88 valence electrons. The summed E-state index contributed by atoms with van der Waals surface area (Å²) in [6.45, 7) is 0.923. The van der Waals surface area contributed by atoms with Crippen molar-refractivity contribution in [1.29, 1.82) is 0 Å². The van der Waals surface area contributed by atoms with E-state index in [1.165, 1.54) is 0 Å². The summed E-state index contributed by atoms with van der Waals surface area (Å²) in [7, 11) is 0. The standard InChI is InChI=1S/C12H14N4O/c17-12(10-5-2-6-13-10)15-9-4-1-3-8-7-14-16-11(8)9/h1,3-4,7,10,13H,2,5-6H2,(H,14,16)(H,15,17)/t10-/m1/s1. The van der Waals surface area contributed by atoms with Crippen molar-refractivity contribution in [2.75, 3.05) is 11.9 Å². The number of anilines is 1. The van der Waals surface area contributed by atoms with E-state index >= 15 is 0 Å². The lowest BCUT2D eigenvalue weighted by Crippen LogP contribution is -2.35. The molecule has 1 fully saturated rings. The first kappa shape index (κ1) is 10.3. The first-order chi connectivity index (χ1) is 8.34. The Kier molecular flexibility index (Phi) is 2.53. The fourth-order valence-corrected chi connectivity index (χ4v) is 2.20. The Balaban J connectivity index is 1.84. The molecule has 1 aromatic heterocycles. The van der Waals surface area contributed by atoms with Gasteiger partial charge in [0.15, 0.2) is 0 Å². The van der Waals surface area contributed by atoms with Crippen LogP contribution in [0.1, 0.15) is 12.8 Å². The van der Waals surface area contributed by atoms with E-state index in [4.69, 9.17) is 0 Å². The van der Waals surface area contributed by atoms with Gasteiger partial charge >= 0.3 is 0 Å². The molecule has 0 unspecified atom stereocenters. The molecule has 5 heteroatoms. The molecule has 3 N–H and O–H groups in total. The fourth-order valence-electron chi connectivity index (χ4n) is 2.20. The number of nitrogens with zero attached hydrogens (tertiary/aromatic N) is 1. The van der Waals surface area contributed by atoms with E-state index in [0.29, 0.717) is 0 Å². The van der Waals surface area contributed by atoms with Crippen LogP contribution in [0, 0.1) is 0 Å². The van der Waals surface area contributed by atoms with Crippen LogP contribution >= 0.6 is 0 Å². The molecule has 1 aliphatic rings. The number of fused-ring (bicyclic) bond motifs is 1. The van der Waals surface area contributed by atoms with Crippen LogP contribution in [-0.4, -0.2) is 28.7 Å². The molecule has 2 aromatic rings. The maximum atomic E-state index is 12.0. The molecule has 0 saturated carbocycles. The zero-order chi connectivity index (χ0) is 11.7. The predicted molar refractivity (Wildman–Crippen MR) is 65.7 cm³/mol. The third kappa shape index (κ3) is 1.89. The minimum absolute atomic E-state index is 0.0320. The third-order valence-electron chi connectivity index (χ3n) is 3.11. The van der Waals surface area contributed by atoms with Gasteiger partial charge in [0.05, 0.1) is 23.4 Å². The number of rotatable bonds is 2. The summed E-state index contributed by atoms with van der Waals surface area (Å²) >= 11 is 0. The number of carbonyl (C=O) groups excluding carboxylic acids is 1. The number of benzene rings is 1. The highest BCUT2D eigenvalue weighted by atomic mass is 16.2. The monoisotopic (exact) mass is 230 g/mol. The largest absolute Gasteiger partial charge is 0.323 e. The number of nitrogens with one attached hydrogen (secondary N) is 3. The summed E-state index contributed by atoms with van der Waals surface area (Å²) in [5, 5.41) is 14.0. The van der Waals surface area contributed by atoms with E-state index < -0.39 is 0 Å². The minimum Gasteiger partial charge on any atom is -0.323 e. The Morgan fingerprint density at radius 1 is 1.47 bits per heavy atom. The van der Waals surface area contributed by atoms with Crippen LogP contribution in [0.2, 0.25) is 0 Å². The first-order valence-electron chi connectivity index (χ1n) is 5.81. The zero-order valence-electron chi connectivity index (χ0n) is 9.36. The third-order valence-corrected chi connectivity index (χ3v) is 3.11. The van der Waals surface area contributed by atoms with Crippen molar-refractivity contribution in [1.82, 2.24) is 15.5 Å². The van der Waals surface area contributed by atoms with Crippen molar-refractivity contribution in [3.05, 3.63) is 24.4 Å². The molecule has 1 amide bonds. The van der Waals surface area contributed by atoms with Crippen molar-refractivity contribution in [2.24, 2.45) is 0 Å². The van der Waals surface area contributed by atoms with Crippen LogP contribution in [0.3, 0.4) is 0 Å². The van der Waals surface area contributed by atoms with E-state index in [9.17, 15) is 4.79 Å². The Hall–Kier alpha value is -1.88. The molecule has 5 nitrogen and oxygen atoms in total. The number of hydrogen-bond acceptors (Lipinski definition) is 3. The van der Waals surface area contributed by atoms with Crippen LogP contribution in [0.25, 0.3) is 10.9 Å². The van der Waals surface area contributed by atoms with Gasteiger partial charge in [0.1, 0.15) is 0 Å². The number of amides is 1. The highest BCUT2D eigenvalue weighted by Gasteiger charge is 2.22. The summed E-state index contributed by atoms with van der Waals surface area (Å²) in [5.41, 5.74) is 1.66. The van der Waals surface area contributed by atoms with Gasteiger partial charge in [-0.3, -0.25) is 9.89 Å². The SMILES string of the molecule is O=C(Nc1cccc2cn[nH]c12)[C@H]1CCCN1. The average Bonchev–Trinajstić information content (AvgIpc) is 3.00. The van der Waals surface area contributed by atoms with Gasteiger partial charge in [0.25, 0.3) is 0 Å². The van der Waals surface area contributed by atoms with E-state index in [1.807, 2.05) is 18.2 Å². The second-order valence-corrected chi connectivity index (χ2v) is 4.28. The van der Waals surface area contributed by atoms with Crippen LogP contribution in [0.4, 0.5) is 5.69 Å². The number of carbonyl (C=O) groups is 1. The number of hydrogen-bond donors (Lipinski definition) is 3.